The maximum absolute atomic E-state index is 9.09. The molecule has 0 rings (SSSR count). The van der Waals surface area contributed by atoms with Crippen molar-refractivity contribution in [2.24, 2.45) is 5.10 Å². The second-order valence-corrected chi connectivity index (χ2v) is 2.75. The molecule has 0 aromatic heterocycles. The molecule has 0 saturated heterocycles. The van der Waals surface area contributed by atoms with Crippen molar-refractivity contribution in [2.45, 2.75) is 19.4 Å². The van der Waals surface area contributed by atoms with Gasteiger partial charge in [0.05, 0.1) is 11.8 Å². The molecule has 9 heavy (non-hydrogen) atoms. The zero-order chi connectivity index (χ0) is 7.49. The van der Waals surface area contributed by atoms with Gasteiger partial charge in [-0.3, -0.25) is 0 Å². The van der Waals surface area contributed by atoms with E-state index in [1.807, 2.05) is 14.1 Å². The van der Waals surface area contributed by atoms with E-state index in [-0.39, 0.29) is 0 Å². The van der Waals surface area contributed by atoms with Crippen molar-refractivity contribution in [1.29, 1.82) is 0 Å². The van der Waals surface area contributed by atoms with Crippen LogP contribution in [0.2, 0.25) is 0 Å². The highest BCUT2D eigenvalue weighted by molar-refractivity contribution is 5.66. The first-order chi connectivity index (χ1) is 3.92. The number of hydrogen-bond donors (Lipinski definition) is 1. The molecule has 3 heteroatoms. The second-order valence-electron chi connectivity index (χ2n) is 2.75. The molecule has 0 aliphatic carbocycles. The van der Waals surface area contributed by atoms with E-state index in [1.165, 1.54) is 6.21 Å². The van der Waals surface area contributed by atoms with E-state index in [0.29, 0.717) is 0 Å². The molecule has 0 bridgehead atoms. The Kier molecular flexibility index (Phi) is 2.65. The van der Waals surface area contributed by atoms with Crippen LogP contribution in [0.5, 0.6) is 0 Å². The fourth-order valence-corrected chi connectivity index (χ4v) is 0.257. The van der Waals surface area contributed by atoms with E-state index < -0.39 is 5.60 Å². The standard InChI is InChI=1S/C6H14N2O/c1-6(2,9)5-7-8(3)4/h5,9H,1-4H3. The normalized spacial score (nSPS) is 12.6. The monoisotopic (exact) mass is 130 g/mol. The largest absolute Gasteiger partial charge is 0.385 e. The first-order valence-electron chi connectivity index (χ1n) is 2.86. The minimum atomic E-state index is -0.801. The van der Waals surface area contributed by atoms with E-state index in [1.54, 1.807) is 18.9 Å². The maximum atomic E-state index is 9.09. The Balaban J connectivity index is 3.71. The minimum Gasteiger partial charge on any atom is -0.385 e. The lowest BCUT2D eigenvalue weighted by atomic mass is 10.2. The molecule has 0 spiro atoms. The highest BCUT2D eigenvalue weighted by atomic mass is 16.3. The molecule has 3 nitrogen and oxygen atoms in total. The molecule has 0 saturated carbocycles. The number of aliphatic hydroxyl groups is 1. The van der Waals surface area contributed by atoms with Crippen molar-refractivity contribution in [3.8, 4) is 0 Å². The summed E-state index contributed by atoms with van der Waals surface area (Å²) in [6.45, 7) is 3.36. The molecular formula is C6H14N2O. The van der Waals surface area contributed by atoms with E-state index in [4.69, 9.17) is 5.11 Å². The van der Waals surface area contributed by atoms with Crippen molar-refractivity contribution in [1.82, 2.24) is 5.01 Å². The topological polar surface area (TPSA) is 35.8 Å². The predicted octanol–water partition coefficient (Wildman–Crippen LogP) is 0.305. The maximum Gasteiger partial charge on any atom is 0.0958 e. The Hall–Kier alpha value is -0.570. The van der Waals surface area contributed by atoms with E-state index >= 15 is 0 Å². The fraction of sp³-hybridized carbons (Fsp3) is 0.833. The Morgan fingerprint density at radius 3 is 2.00 bits per heavy atom. The average molecular weight is 130 g/mol. The van der Waals surface area contributed by atoms with Crippen LogP contribution in [0.3, 0.4) is 0 Å². The van der Waals surface area contributed by atoms with Gasteiger partial charge in [-0.15, -0.1) is 0 Å². The third-order valence-corrected chi connectivity index (χ3v) is 0.605. The van der Waals surface area contributed by atoms with Crippen LogP contribution in [0.15, 0.2) is 5.10 Å². The Bertz CT molecular complexity index is 102. The lowest BCUT2D eigenvalue weighted by Gasteiger charge is -2.11. The van der Waals surface area contributed by atoms with Crippen LogP contribution in [0.1, 0.15) is 13.8 Å². The van der Waals surface area contributed by atoms with Crippen LogP contribution in [-0.2, 0) is 0 Å². The molecule has 0 aromatic carbocycles. The van der Waals surface area contributed by atoms with Crippen molar-refractivity contribution in [3.63, 3.8) is 0 Å². The van der Waals surface area contributed by atoms with E-state index in [0.717, 1.165) is 0 Å². The summed E-state index contributed by atoms with van der Waals surface area (Å²) >= 11 is 0. The van der Waals surface area contributed by atoms with Gasteiger partial charge in [-0.25, -0.2) is 0 Å². The number of hydrazone groups is 1. The summed E-state index contributed by atoms with van der Waals surface area (Å²) in [6.07, 6.45) is 1.49. The summed E-state index contributed by atoms with van der Waals surface area (Å²) in [5.74, 6) is 0. The van der Waals surface area contributed by atoms with Crippen LogP contribution in [-0.4, -0.2) is 36.0 Å². The first kappa shape index (κ1) is 8.43. The quantitative estimate of drug-likeness (QED) is 0.431. The Morgan fingerprint density at radius 2 is 1.89 bits per heavy atom. The lowest BCUT2D eigenvalue weighted by Crippen LogP contribution is -2.21. The van der Waals surface area contributed by atoms with Gasteiger partial charge >= 0.3 is 0 Å². The molecule has 0 aromatic rings. The van der Waals surface area contributed by atoms with Crippen LogP contribution in [0.25, 0.3) is 0 Å². The molecule has 1 N–H and O–H groups in total. The summed E-state index contributed by atoms with van der Waals surface area (Å²) in [5, 5.41) is 14.6. The van der Waals surface area contributed by atoms with Gasteiger partial charge in [0, 0.05) is 14.1 Å². The molecule has 0 amide bonds. The third-order valence-electron chi connectivity index (χ3n) is 0.605. The molecule has 0 fully saturated rings. The fourth-order valence-electron chi connectivity index (χ4n) is 0.257. The van der Waals surface area contributed by atoms with Gasteiger partial charge in [-0.05, 0) is 13.8 Å². The molecule has 0 heterocycles. The van der Waals surface area contributed by atoms with Crippen molar-refractivity contribution < 1.29 is 5.11 Å². The van der Waals surface area contributed by atoms with Crippen LogP contribution < -0.4 is 0 Å². The first-order valence-corrected chi connectivity index (χ1v) is 2.86. The summed E-state index contributed by atoms with van der Waals surface area (Å²) in [7, 11) is 3.62. The van der Waals surface area contributed by atoms with Gasteiger partial charge in [-0.2, -0.15) is 5.10 Å². The Morgan fingerprint density at radius 1 is 1.44 bits per heavy atom. The average Bonchev–Trinajstić information content (AvgIpc) is 1.59. The molecule has 0 unspecified atom stereocenters. The minimum absolute atomic E-state index is 0.801. The molecule has 0 radical (unpaired) electrons. The van der Waals surface area contributed by atoms with Crippen molar-refractivity contribution in [3.05, 3.63) is 0 Å². The number of nitrogens with zero attached hydrogens (tertiary/aromatic N) is 2. The van der Waals surface area contributed by atoms with Gasteiger partial charge in [0.15, 0.2) is 0 Å². The smallest absolute Gasteiger partial charge is 0.0958 e. The highest BCUT2D eigenvalue weighted by Gasteiger charge is 2.06. The van der Waals surface area contributed by atoms with Gasteiger partial charge in [-0.1, -0.05) is 0 Å². The lowest BCUT2D eigenvalue weighted by molar-refractivity contribution is 0.157. The van der Waals surface area contributed by atoms with E-state index in [2.05, 4.69) is 5.10 Å². The van der Waals surface area contributed by atoms with Crippen molar-refractivity contribution in [2.75, 3.05) is 14.1 Å². The van der Waals surface area contributed by atoms with Crippen molar-refractivity contribution >= 4 is 6.21 Å². The van der Waals surface area contributed by atoms with Gasteiger partial charge in [0.2, 0.25) is 0 Å². The van der Waals surface area contributed by atoms with Crippen LogP contribution in [0, 0.1) is 0 Å². The van der Waals surface area contributed by atoms with Gasteiger partial charge in [0.25, 0.3) is 0 Å². The zero-order valence-electron chi connectivity index (χ0n) is 6.42. The van der Waals surface area contributed by atoms with Crippen LogP contribution in [0.4, 0.5) is 0 Å². The van der Waals surface area contributed by atoms with Gasteiger partial charge in [0.1, 0.15) is 0 Å². The number of rotatable bonds is 2. The summed E-state index contributed by atoms with van der Waals surface area (Å²) in [6, 6.07) is 0. The zero-order valence-corrected chi connectivity index (χ0v) is 6.42. The Labute approximate surface area is 56.0 Å². The summed E-state index contributed by atoms with van der Waals surface area (Å²) in [5.41, 5.74) is -0.801. The number of hydrogen-bond acceptors (Lipinski definition) is 3. The van der Waals surface area contributed by atoms with Crippen LogP contribution >= 0.6 is 0 Å². The third kappa shape index (κ3) is 7.43. The second kappa shape index (κ2) is 2.82. The highest BCUT2D eigenvalue weighted by Crippen LogP contribution is 1.94. The summed E-state index contributed by atoms with van der Waals surface area (Å²) in [4.78, 5) is 0. The molecule has 54 valence electrons. The summed E-state index contributed by atoms with van der Waals surface area (Å²) < 4.78 is 0. The predicted molar refractivity (Wildman–Crippen MR) is 38.5 cm³/mol. The van der Waals surface area contributed by atoms with Gasteiger partial charge < -0.3 is 10.1 Å². The van der Waals surface area contributed by atoms with E-state index in [9.17, 15) is 0 Å². The molecule has 0 atom stereocenters. The molecular weight excluding hydrogens is 116 g/mol. The molecule has 0 aliphatic heterocycles. The molecule has 0 aliphatic rings. The SMILES string of the molecule is CN(C)N=CC(C)(C)O.